The van der Waals surface area contributed by atoms with E-state index in [1.807, 2.05) is 6.92 Å². The zero-order valence-corrected chi connectivity index (χ0v) is 11.9. The normalized spacial score (nSPS) is 10.6. The van der Waals surface area contributed by atoms with Crippen LogP contribution in [0.3, 0.4) is 0 Å². The lowest BCUT2D eigenvalue weighted by Gasteiger charge is -2.15. The Kier molecular flexibility index (Phi) is 3.75. The summed E-state index contributed by atoms with van der Waals surface area (Å²) < 4.78 is 6.39. The maximum Gasteiger partial charge on any atom is 0.343 e. The highest BCUT2D eigenvalue weighted by Crippen LogP contribution is 2.21. The molecule has 0 saturated heterocycles. The highest BCUT2D eigenvalue weighted by atomic mass is 16.6. The van der Waals surface area contributed by atoms with Crippen molar-refractivity contribution in [2.24, 2.45) is 0 Å². The molecule has 0 aliphatic carbocycles. The smallest absolute Gasteiger partial charge is 0.343 e. The third kappa shape index (κ3) is 2.26. The standard InChI is InChI=1S/C14H14N2O5/c1-4-15-8(2)12(14(18)21-3)13(17)10-7-9(16(19)20)5-6-11(10)15/h5-7H,4H2,1-3H3. The van der Waals surface area contributed by atoms with Crippen LogP contribution in [0.25, 0.3) is 10.9 Å². The number of carbonyl (C=O) groups excluding carboxylic acids is 1. The molecule has 2 aromatic rings. The van der Waals surface area contributed by atoms with Gasteiger partial charge < -0.3 is 9.30 Å². The van der Waals surface area contributed by atoms with Crippen molar-refractivity contribution in [1.82, 2.24) is 4.57 Å². The van der Waals surface area contributed by atoms with Crippen molar-refractivity contribution in [3.63, 3.8) is 0 Å². The first-order valence-corrected chi connectivity index (χ1v) is 6.32. The minimum Gasteiger partial charge on any atom is -0.465 e. The Morgan fingerprint density at radius 1 is 1.43 bits per heavy atom. The van der Waals surface area contributed by atoms with Crippen molar-refractivity contribution >= 4 is 22.6 Å². The lowest BCUT2D eigenvalue weighted by molar-refractivity contribution is -0.384. The van der Waals surface area contributed by atoms with Crippen molar-refractivity contribution in [3.8, 4) is 0 Å². The van der Waals surface area contributed by atoms with Crippen molar-refractivity contribution in [1.29, 1.82) is 0 Å². The minimum absolute atomic E-state index is 0.0904. The number of pyridine rings is 1. The number of non-ortho nitro benzene ring substituents is 1. The van der Waals surface area contributed by atoms with E-state index in [9.17, 15) is 19.7 Å². The first-order valence-electron chi connectivity index (χ1n) is 6.32. The van der Waals surface area contributed by atoms with E-state index in [4.69, 9.17) is 0 Å². The quantitative estimate of drug-likeness (QED) is 0.490. The molecule has 0 saturated carbocycles. The van der Waals surface area contributed by atoms with E-state index in [1.54, 1.807) is 11.5 Å². The molecule has 0 N–H and O–H groups in total. The van der Waals surface area contributed by atoms with Crippen LogP contribution in [0, 0.1) is 17.0 Å². The number of nitrogens with zero attached hydrogens (tertiary/aromatic N) is 2. The molecule has 0 aliphatic rings. The summed E-state index contributed by atoms with van der Waals surface area (Å²) in [5.74, 6) is -0.742. The number of carbonyl (C=O) groups is 1. The van der Waals surface area contributed by atoms with Crippen molar-refractivity contribution < 1.29 is 14.5 Å². The molecule has 7 nitrogen and oxygen atoms in total. The summed E-state index contributed by atoms with van der Waals surface area (Å²) in [6, 6.07) is 4.05. The highest BCUT2D eigenvalue weighted by Gasteiger charge is 2.21. The maximum absolute atomic E-state index is 12.5. The Bertz CT molecular complexity index is 807. The second kappa shape index (κ2) is 5.35. The van der Waals surface area contributed by atoms with Gasteiger partial charge >= 0.3 is 5.97 Å². The molecule has 0 amide bonds. The third-order valence-electron chi connectivity index (χ3n) is 3.43. The van der Waals surface area contributed by atoms with Gasteiger partial charge in [0, 0.05) is 24.4 Å². The van der Waals surface area contributed by atoms with Crippen LogP contribution in [0.5, 0.6) is 0 Å². The number of ether oxygens (including phenoxy) is 1. The number of fused-ring (bicyclic) bond motifs is 1. The minimum atomic E-state index is -0.742. The Labute approximate surface area is 119 Å². The summed E-state index contributed by atoms with van der Waals surface area (Å²) in [5, 5.41) is 11.0. The number of nitro benzene ring substituents is 1. The second-order valence-electron chi connectivity index (χ2n) is 4.48. The Morgan fingerprint density at radius 2 is 2.10 bits per heavy atom. The summed E-state index contributed by atoms with van der Waals surface area (Å²) in [6.07, 6.45) is 0. The first kappa shape index (κ1) is 14.7. The fourth-order valence-electron chi connectivity index (χ4n) is 2.42. The van der Waals surface area contributed by atoms with Crippen molar-refractivity contribution in [3.05, 3.63) is 49.8 Å². The van der Waals surface area contributed by atoms with Gasteiger partial charge in [-0.15, -0.1) is 0 Å². The fraction of sp³-hybridized carbons (Fsp3) is 0.286. The van der Waals surface area contributed by atoms with Gasteiger partial charge in [0.25, 0.3) is 5.69 Å². The molecule has 1 heterocycles. The SMILES string of the molecule is CCn1c(C)c(C(=O)OC)c(=O)c2cc([N+](=O)[O-])ccc21. The molecule has 0 spiro atoms. The first-order chi connectivity index (χ1) is 9.92. The average molecular weight is 290 g/mol. The average Bonchev–Trinajstić information content (AvgIpc) is 2.47. The fourth-order valence-corrected chi connectivity index (χ4v) is 2.42. The maximum atomic E-state index is 12.5. The van der Waals surface area contributed by atoms with E-state index in [1.165, 1.54) is 25.3 Å². The molecule has 0 atom stereocenters. The van der Waals surface area contributed by atoms with Crippen LogP contribution < -0.4 is 5.43 Å². The van der Waals surface area contributed by atoms with E-state index >= 15 is 0 Å². The number of hydrogen-bond acceptors (Lipinski definition) is 5. The molecule has 1 aromatic heterocycles. The van der Waals surface area contributed by atoms with Gasteiger partial charge in [0.15, 0.2) is 0 Å². The molecule has 0 aliphatic heterocycles. The van der Waals surface area contributed by atoms with Crippen molar-refractivity contribution in [2.75, 3.05) is 7.11 Å². The number of nitro groups is 1. The van der Waals surface area contributed by atoms with Crippen LogP contribution in [0.1, 0.15) is 23.0 Å². The number of aryl methyl sites for hydroxylation is 1. The van der Waals surface area contributed by atoms with Gasteiger partial charge in [0.05, 0.1) is 22.9 Å². The number of hydrogen-bond donors (Lipinski definition) is 0. The molecule has 0 fully saturated rings. The van der Waals surface area contributed by atoms with Crippen LogP contribution in [-0.2, 0) is 11.3 Å². The number of methoxy groups -OCH3 is 1. The van der Waals surface area contributed by atoms with Crippen LogP contribution >= 0.6 is 0 Å². The lowest BCUT2D eigenvalue weighted by Crippen LogP contribution is -2.23. The monoisotopic (exact) mass is 290 g/mol. The van der Waals surface area contributed by atoms with Gasteiger partial charge in [0.2, 0.25) is 5.43 Å². The zero-order valence-electron chi connectivity index (χ0n) is 11.9. The van der Waals surface area contributed by atoms with Crippen LogP contribution in [-0.4, -0.2) is 22.6 Å². The van der Waals surface area contributed by atoms with E-state index in [0.717, 1.165) is 0 Å². The summed E-state index contributed by atoms with van der Waals surface area (Å²) in [5.41, 5.74) is 0.200. The third-order valence-corrected chi connectivity index (χ3v) is 3.43. The van der Waals surface area contributed by atoms with Gasteiger partial charge in [0.1, 0.15) is 5.56 Å². The summed E-state index contributed by atoms with van der Waals surface area (Å²) in [4.78, 5) is 34.6. The predicted molar refractivity (Wildman–Crippen MR) is 76.6 cm³/mol. The Morgan fingerprint density at radius 3 is 2.62 bits per heavy atom. The summed E-state index contributed by atoms with van der Waals surface area (Å²) in [7, 11) is 1.19. The van der Waals surface area contributed by atoms with Crippen LogP contribution in [0.4, 0.5) is 5.69 Å². The van der Waals surface area contributed by atoms with E-state index < -0.39 is 16.3 Å². The second-order valence-corrected chi connectivity index (χ2v) is 4.48. The molecule has 0 radical (unpaired) electrons. The summed E-state index contributed by atoms with van der Waals surface area (Å²) >= 11 is 0. The van der Waals surface area contributed by atoms with Gasteiger partial charge in [-0.2, -0.15) is 0 Å². The number of aromatic nitrogens is 1. The molecule has 1 aromatic carbocycles. The van der Waals surface area contributed by atoms with E-state index in [0.29, 0.717) is 17.8 Å². The molecule has 21 heavy (non-hydrogen) atoms. The molecular weight excluding hydrogens is 276 g/mol. The van der Waals surface area contributed by atoms with E-state index in [-0.39, 0.29) is 16.6 Å². The number of esters is 1. The highest BCUT2D eigenvalue weighted by molar-refractivity contribution is 5.95. The van der Waals surface area contributed by atoms with Gasteiger partial charge in [-0.1, -0.05) is 0 Å². The molecule has 7 heteroatoms. The topological polar surface area (TPSA) is 91.4 Å². The van der Waals surface area contributed by atoms with Crippen molar-refractivity contribution in [2.45, 2.75) is 20.4 Å². The zero-order chi connectivity index (χ0) is 15.7. The molecule has 2 rings (SSSR count). The van der Waals surface area contributed by atoms with Gasteiger partial charge in [-0.05, 0) is 19.9 Å². The number of benzene rings is 1. The van der Waals surface area contributed by atoms with Crippen LogP contribution in [0.15, 0.2) is 23.0 Å². The lowest BCUT2D eigenvalue weighted by atomic mass is 10.1. The predicted octanol–water partition coefficient (Wildman–Crippen LogP) is 2.02. The Hall–Kier alpha value is -2.70. The van der Waals surface area contributed by atoms with Gasteiger partial charge in [-0.3, -0.25) is 14.9 Å². The van der Waals surface area contributed by atoms with Crippen LogP contribution in [0.2, 0.25) is 0 Å². The molecular formula is C14H14N2O5. The molecule has 110 valence electrons. The number of rotatable bonds is 3. The largest absolute Gasteiger partial charge is 0.465 e. The summed E-state index contributed by atoms with van der Waals surface area (Å²) in [6.45, 7) is 4.03. The molecule has 0 bridgehead atoms. The van der Waals surface area contributed by atoms with Gasteiger partial charge in [-0.25, -0.2) is 4.79 Å². The molecule has 0 unspecified atom stereocenters. The Balaban J connectivity index is 2.97. The van der Waals surface area contributed by atoms with E-state index in [2.05, 4.69) is 4.74 Å².